The Kier molecular flexibility index (Phi) is 2.41. The Morgan fingerprint density at radius 1 is 1.43 bits per heavy atom. The molecule has 0 saturated heterocycles. The standard InChI is InChI=1S/C9H7BrN2O2/c10-8-5-11-9(12-8)14-7-3-1-2-6(13)4-7/h1-5,13H,(H,11,12). The van der Waals surface area contributed by atoms with Gasteiger partial charge in [0.05, 0.1) is 6.20 Å². The molecule has 72 valence electrons. The first-order valence-electron chi connectivity index (χ1n) is 3.91. The number of H-pyrrole nitrogens is 1. The van der Waals surface area contributed by atoms with Crippen molar-refractivity contribution in [2.45, 2.75) is 0 Å². The normalized spacial score (nSPS) is 10.1. The summed E-state index contributed by atoms with van der Waals surface area (Å²) >= 11 is 3.21. The van der Waals surface area contributed by atoms with Gasteiger partial charge < -0.3 is 14.8 Å². The first-order valence-corrected chi connectivity index (χ1v) is 4.71. The maximum atomic E-state index is 9.18. The summed E-state index contributed by atoms with van der Waals surface area (Å²) in [6.45, 7) is 0. The van der Waals surface area contributed by atoms with E-state index in [9.17, 15) is 5.11 Å². The molecule has 0 aliphatic heterocycles. The van der Waals surface area contributed by atoms with E-state index in [1.807, 2.05) is 0 Å². The smallest absolute Gasteiger partial charge is 0.299 e. The van der Waals surface area contributed by atoms with Crippen molar-refractivity contribution in [3.63, 3.8) is 0 Å². The predicted octanol–water partition coefficient (Wildman–Crippen LogP) is 2.67. The average Bonchev–Trinajstić information content (AvgIpc) is 2.51. The molecule has 2 N–H and O–H groups in total. The summed E-state index contributed by atoms with van der Waals surface area (Å²) in [6.07, 6.45) is 1.60. The number of phenolic OH excluding ortho intramolecular Hbond substituents is 1. The number of hydrogen-bond donors (Lipinski definition) is 2. The van der Waals surface area contributed by atoms with Crippen LogP contribution in [0.3, 0.4) is 0 Å². The van der Waals surface area contributed by atoms with E-state index >= 15 is 0 Å². The number of phenols is 1. The molecule has 2 rings (SSSR count). The molecule has 0 atom stereocenters. The van der Waals surface area contributed by atoms with Gasteiger partial charge in [0.25, 0.3) is 6.01 Å². The number of rotatable bonds is 2. The Morgan fingerprint density at radius 3 is 2.93 bits per heavy atom. The topological polar surface area (TPSA) is 58.1 Å². The van der Waals surface area contributed by atoms with E-state index in [0.29, 0.717) is 11.8 Å². The van der Waals surface area contributed by atoms with Crippen LogP contribution in [0.5, 0.6) is 17.5 Å². The number of nitrogens with zero attached hydrogens (tertiary/aromatic N) is 1. The summed E-state index contributed by atoms with van der Waals surface area (Å²) < 4.78 is 6.07. The van der Waals surface area contributed by atoms with Crippen LogP contribution in [-0.4, -0.2) is 15.1 Å². The second-order valence-corrected chi connectivity index (χ2v) is 3.49. The van der Waals surface area contributed by atoms with Crippen molar-refractivity contribution in [1.29, 1.82) is 0 Å². The van der Waals surface area contributed by atoms with Gasteiger partial charge in [0.1, 0.15) is 16.1 Å². The number of aromatic hydroxyl groups is 1. The van der Waals surface area contributed by atoms with Crippen LogP contribution < -0.4 is 4.74 Å². The highest BCUT2D eigenvalue weighted by Gasteiger charge is 2.01. The molecule has 1 aromatic heterocycles. The van der Waals surface area contributed by atoms with Gasteiger partial charge in [0, 0.05) is 6.07 Å². The Balaban J connectivity index is 2.18. The molecule has 0 amide bonds. The molecule has 0 aliphatic rings. The number of benzene rings is 1. The van der Waals surface area contributed by atoms with Crippen molar-refractivity contribution in [3.8, 4) is 17.5 Å². The number of aromatic nitrogens is 2. The molecular formula is C9H7BrN2O2. The quantitative estimate of drug-likeness (QED) is 0.867. The fourth-order valence-electron chi connectivity index (χ4n) is 0.993. The summed E-state index contributed by atoms with van der Waals surface area (Å²) in [4.78, 5) is 6.78. The first-order chi connectivity index (χ1) is 6.74. The van der Waals surface area contributed by atoms with Crippen LogP contribution in [0, 0.1) is 0 Å². The summed E-state index contributed by atoms with van der Waals surface area (Å²) in [5.41, 5.74) is 0. The van der Waals surface area contributed by atoms with Crippen molar-refractivity contribution in [1.82, 2.24) is 9.97 Å². The molecule has 0 spiro atoms. The third-order valence-corrected chi connectivity index (χ3v) is 1.96. The minimum atomic E-state index is 0.160. The minimum absolute atomic E-state index is 0.160. The zero-order chi connectivity index (χ0) is 9.97. The summed E-state index contributed by atoms with van der Waals surface area (Å²) in [5.74, 6) is 0.694. The van der Waals surface area contributed by atoms with E-state index < -0.39 is 0 Å². The molecule has 1 heterocycles. The zero-order valence-electron chi connectivity index (χ0n) is 7.07. The van der Waals surface area contributed by atoms with E-state index in [4.69, 9.17) is 4.74 Å². The Hall–Kier alpha value is -1.49. The second kappa shape index (κ2) is 3.71. The van der Waals surface area contributed by atoms with Gasteiger partial charge in [-0.15, -0.1) is 0 Å². The molecule has 2 aromatic rings. The highest BCUT2D eigenvalue weighted by atomic mass is 79.9. The molecule has 0 bridgehead atoms. The highest BCUT2D eigenvalue weighted by molar-refractivity contribution is 9.10. The first kappa shape index (κ1) is 9.08. The van der Waals surface area contributed by atoms with E-state index in [0.717, 1.165) is 4.60 Å². The van der Waals surface area contributed by atoms with Crippen LogP contribution in [0.1, 0.15) is 0 Å². The molecule has 0 saturated carbocycles. The lowest BCUT2D eigenvalue weighted by atomic mass is 10.3. The molecule has 1 aromatic carbocycles. The van der Waals surface area contributed by atoms with Gasteiger partial charge in [-0.1, -0.05) is 6.07 Å². The van der Waals surface area contributed by atoms with Gasteiger partial charge in [-0.05, 0) is 28.1 Å². The lowest BCUT2D eigenvalue weighted by molar-refractivity contribution is 0.435. The molecule has 4 nitrogen and oxygen atoms in total. The Morgan fingerprint density at radius 2 is 2.29 bits per heavy atom. The molecule has 14 heavy (non-hydrogen) atoms. The lowest BCUT2D eigenvalue weighted by Gasteiger charge is -2.01. The lowest BCUT2D eigenvalue weighted by Crippen LogP contribution is -1.85. The molecule has 0 unspecified atom stereocenters. The fraction of sp³-hybridized carbons (Fsp3) is 0. The number of halogens is 1. The number of aromatic amines is 1. The van der Waals surface area contributed by atoms with E-state index in [-0.39, 0.29) is 5.75 Å². The Labute approximate surface area is 88.7 Å². The molecular weight excluding hydrogens is 248 g/mol. The number of nitrogens with one attached hydrogen (secondary N) is 1. The monoisotopic (exact) mass is 254 g/mol. The van der Waals surface area contributed by atoms with Gasteiger partial charge in [-0.2, -0.15) is 0 Å². The third kappa shape index (κ3) is 2.05. The van der Waals surface area contributed by atoms with Crippen LogP contribution in [0.2, 0.25) is 0 Å². The van der Waals surface area contributed by atoms with Crippen molar-refractivity contribution >= 4 is 15.9 Å². The van der Waals surface area contributed by atoms with E-state index in [1.54, 1.807) is 24.4 Å². The average molecular weight is 255 g/mol. The van der Waals surface area contributed by atoms with Gasteiger partial charge in [0.15, 0.2) is 0 Å². The molecule has 0 aliphatic carbocycles. The van der Waals surface area contributed by atoms with Gasteiger partial charge in [-0.3, -0.25) is 0 Å². The number of ether oxygens (including phenoxy) is 1. The van der Waals surface area contributed by atoms with Crippen molar-refractivity contribution < 1.29 is 9.84 Å². The minimum Gasteiger partial charge on any atom is -0.508 e. The number of imidazole rings is 1. The molecule has 0 fully saturated rings. The molecule has 5 heteroatoms. The summed E-state index contributed by atoms with van der Waals surface area (Å²) in [6, 6.07) is 6.89. The Bertz CT molecular complexity index is 442. The van der Waals surface area contributed by atoms with Gasteiger partial charge >= 0.3 is 0 Å². The van der Waals surface area contributed by atoms with Crippen LogP contribution in [-0.2, 0) is 0 Å². The largest absolute Gasteiger partial charge is 0.508 e. The van der Waals surface area contributed by atoms with Crippen LogP contribution >= 0.6 is 15.9 Å². The maximum absolute atomic E-state index is 9.18. The number of hydrogen-bond acceptors (Lipinski definition) is 3. The zero-order valence-corrected chi connectivity index (χ0v) is 8.65. The van der Waals surface area contributed by atoms with Crippen molar-refractivity contribution in [2.24, 2.45) is 0 Å². The van der Waals surface area contributed by atoms with Crippen molar-refractivity contribution in [3.05, 3.63) is 35.1 Å². The second-order valence-electron chi connectivity index (χ2n) is 2.64. The van der Waals surface area contributed by atoms with Crippen LogP contribution in [0.25, 0.3) is 0 Å². The predicted molar refractivity (Wildman–Crippen MR) is 54.5 cm³/mol. The van der Waals surface area contributed by atoms with Crippen LogP contribution in [0.4, 0.5) is 0 Å². The van der Waals surface area contributed by atoms with Crippen LogP contribution in [0.15, 0.2) is 35.1 Å². The van der Waals surface area contributed by atoms with Crippen molar-refractivity contribution in [2.75, 3.05) is 0 Å². The maximum Gasteiger partial charge on any atom is 0.299 e. The van der Waals surface area contributed by atoms with E-state index in [2.05, 4.69) is 25.9 Å². The van der Waals surface area contributed by atoms with Gasteiger partial charge in [-0.25, -0.2) is 4.98 Å². The third-order valence-electron chi connectivity index (χ3n) is 1.55. The molecule has 0 radical (unpaired) electrons. The SMILES string of the molecule is Oc1cccc(Oc2ncc(Br)[nH]2)c1. The summed E-state index contributed by atoms with van der Waals surface area (Å²) in [7, 11) is 0. The fourth-order valence-corrected chi connectivity index (χ4v) is 1.26. The summed E-state index contributed by atoms with van der Waals surface area (Å²) in [5, 5.41) is 9.18. The highest BCUT2D eigenvalue weighted by Crippen LogP contribution is 2.23. The van der Waals surface area contributed by atoms with E-state index in [1.165, 1.54) is 6.07 Å². The van der Waals surface area contributed by atoms with Gasteiger partial charge in [0.2, 0.25) is 0 Å².